The fourth-order valence-corrected chi connectivity index (χ4v) is 2.26. The number of methoxy groups -OCH3 is 2. The molecule has 5 nitrogen and oxygen atoms in total. The number of nitrogens with one attached hydrogen (secondary N) is 1. The van der Waals surface area contributed by atoms with Crippen LogP contribution in [-0.4, -0.2) is 24.2 Å². The van der Waals surface area contributed by atoms with Gasteiger partial charge in [0.25, 0.3) is 0 Å². The molecule has 1 aromatic heterocycles. The Morgan fingerprint density at radius 1 is 1.14 bits per heavy atom. The van der Waals surface area contributed by atoms with E-state index in [4.69, 9.17) is 9.47 Å². The Morgan fingerprint density at radius 2 is 1.91 bits per heavy atom. The lowest BCUT2D eigenvalue weighted by molar-refractivity contribution is 0.354. The fraction of sp³-hybridized carbons (Fsp3) is 0.412. The van der Waals surface area contributed by atoms with Crippen molar-refractivity contribution in [3.63, 3.8) is 0 Å². The van der Waals surface area contributed by atoms with Crippen molar-refractivity contribution >= 4 is 5.95 Å². The van der Waals surface area contributed by atoms with Gasteiger partial charge in [0.05, 0.1) is 20.3 Å². The number of anilines is 1. The van der Waals surface area contributed by atoms with E-state index in [1.807, 2.05) is 24.3 Å². The molecule has 0 radical (unpaired) electrons. The predicted octanol–water partition coefficient (Wildman–Crippen LogP) is 3.62. The van der Waals surface area contributed by atoms with Crippen LogP contribution in [0.2, 0.25) is 0 Å². The van der Waals surface area contributed by atoms with Crippen molar-refractivity contribution in [1.82, 2.24) is 9.97 Å². The molecule has 0 amide bonds. The van der Waals surface area contributed by atoms with Crippen LogP contribution in [0.4, 0.5) is 5.95 Å². The van der Waals surface area contributed by atoms with Gasteiger partial charge in [0.2, 0.25) is 5.95 Å². The largest absolute Gasteiger partial charge is 0.493 e. The van der Waals surface area contributed by atoms with Gasteiger partial charge in [-0.15, -0.1) is 0 Å². The first-order valence-corrected chi connectivity index (χ1v) is 7.48. The highest BCUT2D eigenvalue weighted by atomic mass is 16.5. The number of benzene rings is 1. The summed E-state index contributed by atoms with van der Waals surface area (Å²) in [5.74, 6) is 2.09. The van der Waals surface area contributed by atoms with E-state index in [1.54, 1.807) is 20.4 Å². The molecule has 5 heteroatoms. The van der Waals surface area contributed by atoms with Crippen LogP contribution in [0.3, 0.4) is 0 Å². The highest BCUT2D eigenvalue weighted by Gasteiger charge is 2.11. The van der Waals surface area contributed by atoms with Gasteiger partial charge in [-0.1, -0.05) is 19.4 Å². The number of aromatic nitrogens is 2. The maximum absolute atomic E-state index is 5.34. The second-order valence-corrected chi connectivity index (χ2v) is 5.10. The average Bonchev–Trinajstić information content (AvgIpc) is 2.54. The van der Waals surface area contributed by atoms with Gasteiger partial charge in [0.1, 0.15) is 0 Å². The summed E-state index contributed by atoms with van der Waals surface area (Å²) in [5.41, 5.74) is 2.14. The van der Waals surface area contributed by atoms with Gasteiger partial charge in [0.15, 0.2) is 11.5 Å². The molecule has 2 rings (SSSR count). The summed E-state index contributed by atoms with van der Waals surface area (Å²) in [6.07, 6.45) is 3.82. The van der Waals surface area contributed by atoms with E-state index in [-0.39, 0.29) is 6.04 Å². The Labute approximate surface area is 131 Å². The van der Waals surface area contributed by atoms with Crippen molar-refractivity contribution in [1.29, 1.82) is 0 Å². The molecule has 2 aromatic rings. The molecule has 0 aliphatic rings. The molecular formula is C17H23N3O2. The van der Waals surface area contributed by atoms with Crippen molar-refractivity contribution in [2.24, 2.45) is 0 Å². The zero-order valence-electron chi connectivity index (χ0n) is 13.6. The van der Waals surface area contributed by atoms with E-state index < -0.39 is 0 Å². The lowest BCUT2D eigenvalue weighted by Crippen LogP contribution is -2.10. The Morgan fingerprint density at radius 3 is 2.59 bits per heavy atom. The van der Waals surface area contributed by atoms with Gasteiger partial charge in [-0.25, -0.2) is 9.97 Å². The van der Waals surface area contributed by atoms with E-state index in [0.717, 1.165) is 29.8 Å². The molecule has 1 N–H and O–H groups in total. The first-order valence-electron chi connectivity index (χ1n) is 7.48. The minimum absolute atomic E-state index is 0.0664. The van der Waals surface area contributed by atoms with Crippen molar-refractivity contribution in [3.05, 3.63) is 41.7 Å². The second kappa shape index (κ2) is 7.64. The van der Waals surface area contributed by atoms with Crippen LogP contribution in [-0.2, 0) is 6.42 Å². The Hall–Kier alpha value is -2.30. The molecule has 0 spiro atoms. The van der Waals surface area contributed by atoms with Crippen LogP contribution in [0.5, 0.6) is 11.5 Å². The van der Waals surface area contributed by atoms with Crippen LogP contribution >= 0.6 is 0 Å². The number of nitrogens with zero attached hydrogens (tertiary/aromatic N) is 2. The lowest BCUT2D eigenvalue weighted by atomic mass is 10.1. The highest BCUT2D eigenvalue weighted by Crippen LogP contribution is 2.30. The standard InChI is InChI=1S/C17H23N3O2/c1-5-6-14-9-10-18-17(20-14)19-12(2)13-7-8-15(21-3)16(11-13)22-4/h7-12H,5-6H2,1-4H3,(H,18,19,20). The van der Waals surface area contributed by atoms with Crippen LogP contribution in [0, 0.1) is 0 Å². The molecule has 118 valence electrons. The topological polar surface area (TPSA) is 56.3 Å². The SMILES string of the molecule is CCCc1ccnc(NC(C)c2ccc(OC)c(OC)c2)n1. The van der Waals surface area contributed by atoms with Gasteiger partial charge in [-0.2, -0.15) is 0 Å². The van der Waals surface area contributed by atoms with Gasteiger partial charge in [0, 0.05) is 11.9 Å². The molecule has 1 heterocycles. The third-order valence-corrected chi connectivity index (χ3v) is 3.47. The van der Waals surface area contributed by atoms with Crippen molar-refractivity contribution in [3.8, 4) is 11.5 Å². The van der Waals surface area contributed by atoms with Crippen LogP contribution in [0.1, 0.15) is 37.6 Å². The summed E-state index contributed by atoms with van der Waals surface area (Å²) in [6, 6.07) is 7.90. The minimum atomic E-state index is 0.0664. The molecule has 22 heavy (non-hydrogen) atoms. The Bertz CT molecular complexity index is 617. The summed E-state index contributed by atoms with van der Waals surface area (Å²) >= 11 is 0. The number of hydrogen-bond donors (Lipinski definition) is 1. The summed E-state index contributed by atoms with van der Waals surface area (Å²) in [7, 11) is 3.27. The van der Waals surface area contributed by atoms with Gasteiger partial charge in [-0.05, 0) is 37.1 Å². The van der Waals surface area contributed by atoms with Crippen LogP contribution < -0.4 is 14.8 Å². The zero-order valence-corrected chi connectivity index (χ0v) is 13.6. The first-order chi connectivity index (χ1) is 10.7. The summed E-state index contributed by atoms with van der Waals surface area (Å²) < 4.78 is 10.6. The molecule has 0 saturated carbocycles. The predicted molar refractivity (Wildman–Crippen MR) is 87.6 cm³/mol. The molecule has 0 aliphatic carbocycles. The highest BCUT2D eigenvalue weighted by molar-refractivity contribution is 5.45. The van der Waals surface area contributed by atoms with Crippen LogP contribution in [0.15, 0.2) is 30.5 Å². The molecule has 0 aliphatic heterocycles. The summed E-state index contributed by atoms with van der Waals surface area (Å²) in [6.45, 7) is 4.21. The average molecular weight is 301 g/mol. The van der Waals surface area contributed by atoms with Gasteiger partial charge in [-0.3, -0.25) is 0 Å². The number of rotatable bonds is 7. The molecule has 0 fully saturated rings. The quantitative estimate of drug-likeness (QED) is 0.846. The molecule has 0 bridgehead atoms. The van der Waals surface area contributed by atoms with Crippen molar-refractivity contribution in [2.45, 2.75) is 32.7 Å². The van der Waals surface area contributed by atoms with E-state index in [1.165, 1.54) is 0 Å². The molecule has 0 saturated heterocycles. The maximum Gasteiger partial charge on any atom is 0.223 e. The summed E-state index contributed by atoms with van der Waals surface area (Å²) in [4.78, 5) is 8.81. The molecular weight excluding hydrogens is 278 g/mol. The lowest BCUT2D eigenvalue weighted by Gasteiger charge is -2.16. The van der Waals surface area contributed by atoms with Crippen LogP contribution in [0.25, 0.3) is 0 Å². The molecule has 1 aromatic carbocycles. The van der Waals surface area contributed by atoms with Crippen molar-refractivity contribution in [2.75, 3.05) is 19.5 Å². The monoisotopic (exact) mass is 301 g/mol. The molecule has 1 unspecified atom stereocenters. The Balaban J connectivity index is 2.14. The maximum atomic E-state index is 5.34. The van der Waals surface area contributed by atoms with Crippen molar-refractivity contribution < 1.29 is 9.47 Å². The third-order valence-electron chi connectivity index (χ3n) is 3.47. The summed E-state index contributed by atoms with van der Waals surface area (Å²) in [5, 5.41) is 3.33. The normalized spacial score (nSPS) is 11.8. The fourth-order valence-electron chi connectivity index (χ4n) is 2.26. The van der Waals surface area contributed by atoms with Gasteiger partial charge < -0.3 is 14.8 Å². The van der Waals surface area contributed by atoms with E-state index in [0.29, 0.717) is 11.7 Å². The smallest absolute Gasteiger partial charge is 0.223 e. The van der Waals surface area contributed by atoms with Gasteiger partial charge >= 0.3 is 0 Å². The zero-order chi connectivity index (χ0) is 15.9. The van der Waals surface area contributed by atoms with E-state index in [2.05, 4.69) is 29.1 Å². The molecule has 1 atom stereocenters. The third kappa shape index (κ3) is 3.87. The Kier molecular flexibility index (Phi) is 5.58. The van der Waals surface area contributed by atoms with E-state index >= 15 is 0 Å². The number of aryl methyl sites for hydroxylation is 1. The first kappa shape index (κ1) is 16.1. The minimum Gasteiger partial charge on any atom is -0.493 e. The van der Waals surface area contributed by atoms with E-state index in [9.17, 15) is 0 Å². The second-order valence-electron chi connectivity index (χ2n) is 5.10. The number of hydrogen-bond acceptors (Lipinski definition) is 5. The number of ether oxygens (including phenoxy) is 2.